The van der Waals surface area contributed by atoms with Gasteiger partial charge in [0.15, 0.2) is 0 Å². The first-order chi connectivity index (χ1) is 11.6. The molecule has 122 valence electrons. The van der Waals surface area contributed by atoms with Crippen molar-refractivity contribution in [3.05, 3.63) is 69.4 Å². The van der Waals surface area contributed by atoms with Crippen LogP contribution in [0.2, 0.25) is 5.02 Å². The number of furan rings is 1. The number of hydrogen-bond acceptors (Lipinski definition) is 4. The third kappa shape index (κ3) is 3.09. The molecule has 2 aromatic heterocycles. The first-order valence-electron chi connectivity index (χ1n) is 7.29. The Bertz CT molecular complexity index is 975. The van der Waals surface area contributed by atoms with Crippen LogP contribution in [-0.2, 0) is 6.54 Å². The molecule has 0 saturated heterocycles. The molecule has 0 fully saturated rings. The predicted octanol–water partition coefficient (Wildman–Crippen LogP) is 3.03. The van der Waals surface area contributed by atoms with Gasteiger partial charge in [-0.3, -0.25) is 9.59 Å². The third-order valence-electron chi connectivity index (χ3n) is 3.53. The third-order valence-corrected chi connectivity index (χ3v) is 3.76. The molecule has 0 unspecified atom stereocenters. The quantitative estimate of drug-likeness (QED) is 0.584. The molecule has 3 rings (SSSR count). The molecule has 7 heteroatoms. The fourth-order valence-electron chi connectivity index (χ4n) is 2.37. The van der Waals surface area contributed by atoms with Crippen LogP contribution >= 0.6 is 11.6 Å². The van der Waals surface area contributed by atoms with Crippen LogP contribution in [0.1, 0.15) is 23.0 Å². The number of halogens is 1. The van der Waals surface area contributed by atoms with Gasteiger partial charge in [-0.1, -0.05) is 11.6 Å². The van der Waals surface area contributed by atoms with E-state index in [1.54, 1.807) is 30.3 Å². The summed E-state index contributed by atoms with van der Waals surface area (Å²) in [7, 11) is 0. The summed E-state index contributed by atoms with van der Waals surface area (Å²) < 4.78 is 6.89. The summed E-state index contributed by atoms with van der Waals surface area (Å²) in [5, 5.41) is 4.63. The highest BCUT2D eigenvalue weighted by atomic mass is 35.5. The zero-order valence-electron chi connectivity index (χ0n) is 12.8. The molecular formula is C17H14ClN3O3. The van der Waals surface area contributed by atoms with Gasteiger partial charge in [0, 0.05) is 23.2 Å². The maximum atomic E-state index is 12.6. The summed E-state index contributed by atoms with van der Waals surface area (Å²) >= 11 is 5.98. The Hall–Kier alpha value is -2.86. The van der Waals surface area contributed by atoms with E-state index in [-0.39, 0.29) is 11.0 Å². The van der Waals surface area contributed by atoms with Crippen molar-refractivity contribution in [3.8, 4) is 0 Å². The first kappa shape index (κ1) is 16.0. The number of rotatable bonds is 4. The molecule has 0 bridgehead atoms. The zero-order chi connectivity index (χ0) is 17.1. The molecule has 1 aromatic carbocycles. The minimum Gasteiger partial charge on any atom is -0.463 e. The Morgan fingerprint density at radius 3 is 2.96 bits per heavy atom. The van der Waals surface area contributed by atoms with Crippen LogP contribution in [0.15, 0.2) is 57.1 Å². The second-order valence-electron chi connectivity index (χ2n) is 5.03. The summed E-state index contributed by atoms with van der Waals surface area (Å²) in [4.78, 5) is 24.9. The zero-order valence-corrected chi connectivity index (χ0v) is 13.6. The van der Waals surface area contributed by atoms with Crippen molar-refractivity contribution in [1.29, 1.82) is 0 Å². The molecule has 0 radical (unpaired) electrons. The molecule has 0 aliphatic rings. The molecule has 0 spiro atoms. The van der Waals surface area contributed by atoms with Crippen LogP contribution in [-0.4, -0.2) is 16.7 Å². The van der Waals surface area contributed by atoms with Crippen LogP contribution in [0.4, 0.5) is 0 Å². The number of pyridine rings is 1. The second-order valence-corrected chi connectivity index (χ2v) is 5.47. The molecule has 0 aliphatic heterocycles. The van der Waals surface area contributed by atoms with Gasteiger partial charge < -0.3 is 8.98 Å². The van der Waals surface area contributed by atoms with E-state index in [0.717, 1.165) is 5.52 Å². The predicted molar refractivity (Wildman–Crippen MR) is 92.7 cm³/mol. The van der Waals surface area contributed by atoms with E-state index in [2.05, 4.69) is 10.5 Å². The van der Waals surface area contributed by atoms with E-state index in [0.29, 0.717) is 22.7 Å². The summed E-state index contributed by atoms with van der Waals surface area (Å²) in [5.74, 6) is -0.0987. The largest absolute Gasteiger partial charge is 0.463 e. The van der Waals surface area contributed by atoms with Crippen LogP contribution in [0, 0.1) is 0 Å². The van der Waals surface area contributed by atoms with Gasteiger partial charge in [-0.05, 0) is 37.3 Å². The lowest BCUT2D eigenvalue weighted by molar-refractivity contribution is 0.0953. The number of carbonyl (C=O) groups is 1. The number of fused-ring (bicyclic) bond motifs is 1. The van der Waals surface area contributed by atoms with Gasteiger partial charge in [0.2, 0.25) is 5.43 Å². The number of nitrogens with zero attached hydrogens (tertiary/aromatic N) is 2. The van der Waals surface area contributed by atoms with Crippen LogP contribution in [0.5, 0.6) is 0 Å². The standard InChI is InChI=1S/C17H14ClN3O3/c1-2-21-10-14(16(22)13-8-11(18)5-6-15(13)21)17(23)20-19-9-12-4-3-7-24-12/h3-10H,2H2,1H3,(H,20,23)/b19-9+. The Kier molecular flexibility index (Phi) is 4.48. The SMILES string of the molecule is CCn1cc(C(=O)N/N=C/c2ccco2)c(=O)c2cc(Cl)ccc21. The molecule has 0 atom stereocenters. The lowest BCUT2D eigenvalue weighted by Crippen LogP contribution is -2.26. The van der Waals surface area contributed by atoms with Crippen molar-refractivity contribution in [2.75, 3.05) is 0 Å². The molecule has 24 heavy (non-hydrogen) atoms. The molecule has 3 aromatic rings. The van der Waals surface area contributed by atoms with Crippen molar-refractivity contribution >= 4 is 34.6 Å². The van der Waals surface area contributed by atoms with Gasteiger partial charge in [0.1, 0.15) is 11.3 Å². The van der Waals surface area contributed by atoms with E-state index in [1.807, 2.05) is 11.5 Å². The molecule has 1 amide bonds. The number of hydrogen-bond donors (Lipinski definition) is 1. The van der Waals surface area contributed by atoms with Gasteiger partial charge in [0.05, 0.1) is 18.0 Å². The molecule has 6 nitrogen and oxygen atoms in total. The molecule has 2 heterocycles. The Morgan fingerprint density at radius 1 is 1.42 bits per heavy atom. The Labute approximate surface area is 142 Å². The van der Waals surface area contributed by atoms with Gasteiger partial charge in [0.25, 0.3) is 5.91 Å². The first-order valence-corrected chi connectivity index (χ1v) is 7.67. The van der Waals surface area contributed by atoms with Crippen molar-refractivity contribution in [1.82, 2.24) is 9.99 Å². The van der Waals surface area contributed by atoms with Crippen molar-refractivity contribution in [2.24, 2.45) is 5.10 Å². The summed E-state index contributed by atoms with van der Waals surface area (Å²) in [6.07, 6.45) is 4.38. The normalized spacial score (nSPS) is 11.2. The highest BCUT2D eigenvalue weighted by Gasteiger charge is 2.15. The maximum absolute atomic E-state index is 12.6. The topological polar surface area (TPSA) is 76.6 Å². The number of amides is 1. The number of benzene rings is 1. The Balaban J connectivity index is 1.97. The van der Waals surface area contributed by atoms with E-state index < -0.39 is 5.91 Å². The summed E-state index contributed by atoms with van der Waals surface area (Å²) in [6.45, 7) is 2.53. The number of aromatic nitrogens is 1. The lowest BCUT2D eigenvalue weighted by atomic mass is 10.1. The van der Waals surface area contributed by atoms with Crippen LogP contribution in [0.25, 0.3) is 10.9 Å². The van der Waals surface area contributed by atoms with E-state index >= 15 is 0 Å². The number of carbonyl (C=O) groups excluding carboxylic acids is 1. The van der Waals surface area contributed by atoms with Gasteiger partial charge in [-0.2, -0.15) is 5.10 Å². The smallest absolute Gasteiger partial charge is 0.276 e. The van der Waals surface area contributed by atoms with Crippen LogP contribution in [0.3, 0.4) is 0 Å². The van der Waals surface area contributed by atoms with E-state index in [4.69, 9.17) is 16.0 Å². The second kappa shape index (κ2) is 6.72. The number of aryl methyl sites for hydroxylation is 1. The van der Waals surface area contributed by atoms with E-state index in [1.165, 1.54) is 18.7 Å². The van der Waals surface area contributed by atoms with E-state index in [9.17, 15) is 9.59 Å². The summed E-state index contributed by atoms with van der Waals surface area (Å²) in [5.41, 5.74) is 2.67. The molecular weight excluding hydrogens is 330 g/mol. The number of hydrazone groups is 1. The lowest BCUT2D eigenvalue weighted by Gasteiger charge is -2.11. The molecule has 0 saturated carbocycles. The minimum atomic E-state index is -0.591. The Morgan fingerprint density at radius 2 is 2.25 bits per heavy atom. The van der Waals surface area contributed by atoms with Crippen molar-refractivity contribution in [3.63, 3.8) is 0 Å². The van der Waals surface area contributed by atoms with Crippen molar-refractivity contribution < 1.29 is 9.21 Å². The fourth-order valence-corrected chi connectivity index (χ4v) is 2.54. The maximum Gasteiger partial charge on any atom is 0.276 e. The van der Waals surface area contributed by atoms with Gasteiger partial charge >= 0.3 is 0 Å². The molecule has 0 aliphatic carbocycles. The minimum absolute atomic E-state index is 0.00297. The van der Waals surface area contributed by atoms with Crippen LogP contribution < -0.4 is 10.9 Å². The van der Waals surface area contributed by atoms with Gasteiger partial charge in [-0.15, -0.1) is 0 Å². The highest BCUT2D eigenvalue weighted by molar-refractivity contribution is 6.31. The van der Waals surface area contributed by atoms with Crippen molar-refractivity contribution in [2.45, 2.75) is 13.5 Å². The highest BCUT2D eigenvalue weighted by Crippen LogP contribution is 2.17. The average molecular weight is 344 g/mol. The monoisotopic (exact) mass is 343 g/mol. The summed E-state index contributed by atoms with van der Waals surface area (Å²) in [6, 6.07) is 8.43. The fraction of sp³-hybridized carbons (Fsp3) is 0.118. The van der Waals surface area contributed by atoms with Gasteiger partial charge in [-0.25, -0.2) is 5.43 Å². The number of nitrogens with one attached hydrogen (secondary N) is 1. The average Bonchev–Trinajstić information content (AvgIpc) is 3.09. The molecule has 1 N–H and O–H groups in total.